The average Bonchev–Trinajstić information content (AvgIpc) is 3.27. The van der Waals surface area contributed by atoms with Gasteiger partial charge in [-0.1, -0.05) is 18.2 Å². The van der Waals surface area contributed by atoms with Gasteiger partial charge in [-0.3, -0.25) is 14.5 Å². The highest BCUT2D eigenvalue weighted by molar-refractivity contribution is 6.22. The van der Waals surface area contributed by atoms with Gasteiger partial charge in [-0.05, 0) is 29.8 Å². The number of aliphatic hydroxyl groups excluding tert-OH is 1. The first-order valence-electron chi connectivity index (χ1n) is 9.02. The van der Waals surface area contributed by atoms with Gasteiger partial charge in [0.15, 0.2) is 17.5 Å². The number of hydrogen-bond acceptors (Lipinski definition) is 6. The highest BCUT2D eigenvalue weighted by atomic mass is 16.7. The van der Waals surface area contributed by atoms with Crippen LogP contribution in [0, 0.1) is 0 Å². The fourth-order valence-corrected chi connectivity index (χ4v) is 2.89. The van der Waals surface area contributed by atoms with Crippen LogP contribution in [-0.2, 0) is 4.79 Å². The van der Waals surface area contributed by atoms with Gasteiger partial charge in [-0.25, -0.2) is 4.79 Å². The molecular formula is C18H13NO7. The molecule has 2 N–H and O–H groups in total. The van der Waals surface area contributed by atoms with Crippen LogP contribution >= 0.6 is 0 Å². The Bertz CT molecular complexity index is 1050. The minimum absolute atomic E-state index is 0.0139. The molecule has 0 aliphatic carbocycles. The van der Waals surface area contributed by atoms with Crippen molar-refractivity contribution in [1.29, 1.82) is 0 Å². The SMILES string of the molecule is [2H]c1c([2H])c([C@@H](O)[C@@H](C(=O)O)N2C(=O)c3ccccc3C2=O)c([2H])c2c1OCO2. The molecule has 0 aromatic heterocycles. The minimum Gasteiger partial charge on any atom is -0.480 e. The lowest BCUT2D eigenvalue weighted by Gasteiger charge is -2.27. The van der Waals surface area contributed by atoms with Gasteiger partial charge in [0.25, 0.3) is 11.8 Å². The molecular weight excluding hydrogens is 342 g/mol. The van der Waals surface area contributed by atoms with Crippen molar-refractivity contribution in [3.8, 4) is 11.5 Å². The van der Waals surface area contributed by atoms with Gasteiger partial charge >= 0.3 is 5.97 Å². The first kappa shape index (κ1) is 12.9. The maximum absolute atomic E-state index is 12.7. The molecule has 8 heteroatoms. The summed E-state index contributed by atoms with van der Waals surface area (Å²) in [6.07, 6.45) is -2.15. The van der Waals surface area contributed by atoms with Crippen molar-refractivity contribution in [1.82, 2.24) is 4.90 Å². The van der Waals surface area contributed by atoms with E-state index in [9.17, 15) is 24.6 Å². The number of hydrogen-bond donors (Lipinski definition) is 2. The second-order valence-electron chi connectivity index (χ2n) is 5.61. The monoisotopic (exact) mass is 358 g/mol. The summed E-state index contributed by atoms with van der Waals surface area (Å²) in [4.78, 5) is 37.7. The van der Waals surface area contributed by atoms with E-state index in [2.05, 4.69) is 0 Å². The lowest BCUT2D eigenvalue weighted by atomic mass is 10.0. The number of amides is 2. The first-order valence-corrected chi connectivity index (χ1v) is 7.52. The number of fused-ring (bicyclic) bond motifs is 2. The largest absolute Gasteiger partial charge is 0.480 e. The van der Waals surface area contributed by atoms with E-state index in [1.165, 1.54) is 24.3 Å². The number of carboxylic acid groups (broad SMARTS) is 1. The molecule has 0 spiro atoms. The van der Waals surface area contributed by atoms with Crippen molar-refractivity contribution in [3.05, 3.63) is 59.1 Å². The second kappa shape index (κ2) is 5.85. The Kier molecular flexibility index (Phi) is 2.90. The highest BCUT2D eigenvalue weighted by Crippen LogP contribution is 2.36. The number of benzene rings is 2. The Balaban J connectivity index is 1.83. The molecule has 2 aliphatic heterocycles. The third-order valence-corrected chi connectivity index (χ3v) is 4.12. The quantitative estimate of drug-likeness (QED) is 0.790. The summed E-state index contributed by atoms with van der Waals surface area (Å²) < 4.78 is 34.4. The van der Waals surface area contributed by atoms with Gasteiger partial charge in [0.1, 0.15) is 6.10 Å². The molecule has 0 fully saturated rings. The molecule has 0 saturated carbocycles. The molecule has 4 rings (SSSR count). The molecule has 26 heavy (non-hydrogen) atoms. The number of ether oxygens (including phenoxy) is 2. The summed E-state index contributed by atoms with van der Waals surface area (Å²) >= 11 is 0. The summed E-state index contributed by atoms with van der Waals surface area (Å²) in [7, 11) is 0. The van der Waals surface area contributed by atoms with Crippen molar-refractivity contribution in [2.45, 2.75) is 12.1 Å². The summed E-state index contributed by atoms with van der Waals surface area (Å²) in [6.45, 7) is -0.299. The van der Waals surface area contributed by atoms with E-state index in [4.69, 9.17) is 13.6 Å². The number of nitrogens with zero attached hydrogens (tertiary/aromatic N) is 1. The van der Waals surface area contributed by atoms with Gasteiger partial charge in [-0.2, -0.15) is 0 Å². The van der Waals surface area contributed by atoms with E-state index in [0.29, 0.717) is 4.90 Å². The lowest BCUT2D eigenvalue weighted by Crippen LogP contribution is -2.48. The molecule has 8 nitrogen and oxygen atoms in total. The number of imide groups is 1. The maximum Gasteiger partial charge on any atom is 0.330 e. The molecule has 132 valence electrons. The summed E-state index contributed by atoms with van der Waals surface area (Å²) in [6, 6.07) is 1.90. The molecule has 2 heterocycles. The van der Waals surface area contributed by atoms with Crippen molar-refractivity contribution in [2.75, 3.05) is 6.79 Å². The van der Waals surface area contributed by atoms with E-state index in [-0.39, 0.29) is 29.4 Å². The fraction of sp³-hybridized carbons (Fsp3) is 0.167. The van der Waals surface area contributed by atoms with Crippen molar-refractivity contribution in [2.24, 2.45) is 0 Å². The van der Waals surface area contributed by atoms with Gasteiger partial charge in [0.2, 0.25) is 6.79 Å². The van der Waals surface area contributed by atoms with Crippen LogP contribution in [0.2, 0.25) is 0 Å². The number of aliphatic carboxylic acids is 1. The highest BCUT2D eigenvalue weighted by Gasteiger charge is 2.46. The molecule has 2 aromatic carbocycles. The normalized spacial score (nSPS) is 18.8. The third kappa shape index (κ3) is 2.31. The molecule has 2 aromatic rings. The molecule has 0 unspecified atom stereocenters. The molecule has 0 bridgehead atoms. The molecule has 2 atom stereocenters. The first-order chi connectivity index (χ1) is 13.8. The Hall–Kier alpha value is -3.39. The molecule has 0 radical (unpaired) electrons. The zero-order chi connectivity index (χ0) is 21.0. The van der Waals surface area contributed by atoms with E-state index in [1.807, 2.05) is 0 Å². The summed E-state index contributed by atoms with van der Waals surface area (Å²) in [5.41, 5.74) is -0.580. The second-order valence-corrected chi connectivity index (χ2v) is 5.61. The van der Waals surface area contributed by atoms with Crippen LogP contribution in [0.4, 0.5) is 0 Å². The van der Waals surface area contributed by atoms with Gasteiger partial charge in [0, 0.05) is 0 Å². The van der Waals surface area contributed by atoms with E-state index in [0.717, 1.165) is 0 Å². The Morgan fingerprint density at radius 1 is 1.12 bits per heavy atom. The minimum atomic E-state index is -2.15. The van der Waals surface area contributed by atoms with E-state index < -0.39 is 53.6 Å². The number of carbonyl (C=O) groups is 3. The van der Waals surface area contributed by atoms with Crippen LogP contribution < -0.4 is 9.47 Å². The fourth-order valence-electron chi connectivity index (χ4n) is 2.89. The predicted molar refractivity (Wildman–Crippen MR) is 85.9 cm³/mol. The third-order valence-electron chi connectivity index (χ3n) is 4.12. The smallest absolute Gasteiger partial charge is 0.330 e. The van der Waals surface area contributed by atoms with Crippen LogP contribution in [0.15, 0.2) is 42.4 Å². The Morgan fingerprint density at radius 2 is 1.73 bits per heavy atom. The van der Waals surface area contributed by atoms with E-state index >= 15 is 0 Å². The lowest BCUT2D eigenvalue weighted by molar-refractivity contribution is -0.145. The number of carboxylic acids is 1. The maximum atomic E-state index is 12.7. The Morgan fingerprint density at radius 3 is 2.35 bits per heavy atom. The van der Waals surface area contributed by atoms with Crippen LogP contribution in [0.25, 0.3) is 0 Å². The number of carbonyl (C=O) groups excluding carboxylic acids is 2. The van der Waals surface area contributed by atoms with Crippen LogP contribution in [0.3, 0.4) is 0 Å². The summed E-state index contributed by atoms with van der Waals surface area (Å²) in [5, 5.41) is 20.5. The van der Waals surface area contributed by atoms with Gasteiger partial charge in [0.05, 0.1) is 15.2 Å². The zero-order valence-electron chi connectivity index (χ0n) is 16.1. The van der Waals surface area contributed by atoms with E-state index in [1.54, 1.807) is 0 Å². The standard InChI is InChI=1S/C18H13NO7/c20-15(9-5-6-12-13(7-9)26-8-25-12)14(18(23)24)19-16(21)10-3-1-2-4-11(10)17(19)22/h1-7,14-15,20H,8H2,(H,23,24)/t14-,15+/m0/s1/i5D,6D,7D. The van der Waals surface area contributed by atoms with Gasteiger partial charge in [-0.15, -0.1) is 0 Å². The average molecular weight is 358 g/mol. The van der Waals surface area contributed by atoms with Crippen LogP contribution in [-0.4, -0.2) is 45.7 Å². The number of rotatable bonds is 4. The molecule has 0 saturated heterocycles. The summed E-state index contributed by atoms with van der Waals surface area (Å²) in [5.74, 6) is -3.92. The zero-order valence-corrected chi connectivity index (χ0v) is 13.1. The van der Waals surface area contributed by atoms with Crippen molar-refractivity contribution < 1.29 is 38.2 Å². The van der Waals surface area contributed by atoms with Crippen LogP contribution in [0.5, 0.6) is 11.5 Å². The molecule has 2 amide bonds. The van der Waals surface area contributed by atoms with Gasteiger partial charge < -0.3 is 19.7 Å². The van der Waals surface area contributed by atoms with Crippen molar-refractivity contribution in [3.63, 3.8) is 0 Å². The van der Waals surface area contributed by atoms with Crippen LogP contribution in [0.1, 0.15) is 36.5 Å². The number of aliphatic hydroxyl groups is 1. The Labute approximate surface area is 151 Å². The molecule has 2 aliphatic rings. The van der Waals surface area contributed by atoms with Crippen molar-refractivity contribution >= 4 is 17.8 Å². The predicted octanol–water partition coefficient (Wildman–Crippen LogP) is 1.20. The topological polar surface area (TPSA) is 113 Å².